The van der Waals surface area contributed by atoms with Crippen molar-refractivity contribution in [1.82, 2.24) is 0 Å². The minimum atomic E-state index is -5.30. The summed E-state index contributed by atoms with van der Waals surface area (Å²) in [5.74, 6) is -2.32. The van der Waals surface area contributed by atoms with E-state index in [2.05, 4.69) is 8.37 Å². The van der Waals surface area contributed by atoms with Crippen molar-refractivity contribution < 1.29 is 136 Å². The molecule has 0 saturated carbocycles. The standard InChI is InChI=1S/C32H30O17S2.2Na/c1-4-42-31(33)29-18(2)47-22-15-26(44-16-19-8-6-5-7-9-19)25(12-20(22)29)45-17-28-30(32(34)43-10-11-46-50(35,36)37)21-13-27(49-51(38,39)40)24(41-3)14-23(21)48-28;;/h5-9,12-15H,4,10-11,16-17H2,1-3H3,(H,35,36,37)(H,38,39,40);;/q;2*+1/p-2. The molecule has 0 fully saturated rings. The topological polar surface area (TPSA) is 239 Å². The second-order valence-corrected chi connectivity index (χ2v) is 12.4. The molecule has 272 valence electrons. The Kier molecular flexibility index (Phi) is 15.6. The van der Waals surface area contributed by atoms with E-state index in [4.69, 9.17) is 32.5 Å². The molecular weight excluding hydrogens is 766 g/mol. The predicted octanol–water partition coefficient (Wildman–Crippen LogP) is -1.69. The molecular formula is C32H28Na2O17S2. The molecule has 0 amide bonds. The number of hydrogen-bond donors (Lipinski definition) is 0. The Morgan fingerprint density at radius 1 is 0.717 bits per heavy atom. The van der Waals surface area contributed by atoms with Gasteiger partial charge in [0, 0.05) is 22.9 Å². The second-order valence-electron chi connectivity index (χ2n) is 10.4. The van der Waals surface area contributed by atoms with Crippen LogP contribution in [0, 0.1) is 6.92 Å². The van der Waals surface area contributed by atoms with Crippen LogP contribution in [0.25, 0.3) is 21.9 Å². The van der Waals surface area contributed by atoms with E-state index < -0.39 is 58.3 Å². The first-order valence-corrected chi connectivity index (χ1v) is 17.4. The van der Waals surface area contributed by atoms with Gasteiger partial charge in [-0.1, -0.05) is 30.3 Å². The second kappa shape index (κ2) is 18.8. The van der Waals surface area contributed by atoms with Gasteiger partial charge in [-0.3, -0.25) is 4.18 Å². The number of hydrogen-bond acceptors (Lipinski definition) is 17. The van der Waals surface area contributed by atoms with E-state index in [0.717, 1.165) is 24.8 Å². The van der Waals surface area contributed by atoms with Gasteiger partial charge in [-0.25, -0.2) is 26.4 Å². The summed E-state index contributed by atoms with van der Waals surface area (Å²) in [5, 5.41) is 0.206. The van der Waals surface area contributed by atoms with E-state index in [-0.39, 0.29) is 129 Å². The molecule has 0 aliphatic carbocycles. The van der Waals surface area contributed by atoms with Gasteiger partial charge in [0.1, 0.15) is 47.9 Å². The van der Waals surface area contributed by atoms with Crippen molar-refractivity contribution in [3.63, 3.8) is 0 Å². The minimum Gasteiger partial charge on any atom is -0.726 e. The van der Waals surface area contributed by atoms with Crippen LogP contribution in [0.2, 0.25) is 0 Å². The van der Waals surface area contributed by atoms with E-state index in [1.807, 2.05) is 30.3 Å². The van der Waals surface area contributed by atoms with Crippen LogP contribution in [-0.4, -0.2) is 64.8 Å². The molecule has 0 aliphatic rings. The number of methoxy groups -OCH3 is 1. The molecule has 0 N–H and O–H groups in total. The Labute approximate surface area is 347 Å². The molecule has 5 aromatic rings. The van der Waals surface area contributed by atoms with Gasteiger partial charge < -0.3 is 45.8 Å². The summed E-state index contributed by atoms with van der Waals surface area (Å²) < 4.78 is 115. The molecule has 0 saturated heterocycles. The normalized spacial score (nSPS) is 11.3. The maximum absolute atomic E-state index is 13.4. The van der Waals surface area contributed by atoms with Crippen LogP contribution in [0.5, 0.6) is 23.0 Å². The number of aryl methyl sites for hydroxylation is 1. The third-order valence-electron chi connectivity index (χ3n) is 6.99. The van der Waals surface area contributed by atoms with E-state index >= 15 is 0 Å². The maximum atomic E-state index is 13.4. The molecule has 0 aliphatic heterocycles. The monoisotopic (exact) mass is 794 g/mol. The zero-order valence-electron chi connectivity index (χ0n) is 29.0. The summed E-state index contributed by atoms with van der Waals surface area (Å²) >= 11 is 0. The number of esters is 2. The van der Waals surface area contributed by atoms with Gasteiger partial charge in [-0.15, -0.1) is 0 Å². The Hall–Kier alpha value is -3.34. The van der Waals surface area contributed by atoms with Crippen LogP contribution in [0.1, 0.15) is 44.7 Å². The smallest absolute Gasteiger partial charge is 0.726 e. The number of ether oxygens (including phenoxy) is 5. The quantitative estimate of drug-likeness (QED) is 0.0356. The number of carbonyl (C=O) groups is 2. The van der Waals surface area contributed by atoms with E-state index in [1.54, 1.807) is 13.8 Å². The molecule has 0 radical (unpaired) electrons. The molecule has 0 bridgehead atoms. The molecule has 2 heterocycles. The van der Waals surface area contributed by atoms with E-state index in [9.17, 15) is 35.5 Å². The van der Waals surface area contributed by atoms with Crippen molar-refractivity contribution >= 4 is 54.7 Å². The first kappa shape index (κ1) is 44.1. The average Bonchev–Trinajstić information content (AvgIpc) is 3.58. The first-order valence-electron chi connectivity index (χ1n) is 14.8. The molecule has 0 atom stereocenters. The number of furan rings is 2. The van der Waals surface area contributed by atoms with Crippen LogP contribution in [0.4, 0.5) is 0 Å². The van der Waals surface area contributed by atoms with Crippen molar-refractivity contribution in [2.24, 2.45) is 0 Å². The van der Waals surface area contributed by atoms with Crippen molar-refractivity contribution in [3.8, 4) is 23.0 Å². The summed E-state index contributed by atoms with van der Waals surface area (Å²) in [6.07, 6.45) is 0. The Morgan fingerprint density at radius 3 is 1.94 bits per heavy atom. The molecule has 17 nitrogen and oxygen atoms in total. The molecule has 0 unspecified atom stereocenters. The fourth-order valence-electron chi connectivity index (χ4n) is 4.95. The van der Waals surface area contributed by atoms with E-state index in [1.165, 1.54) is 12.1 Å². The molecule has 2 aromatic heterocycles. The Morgan fingerprint density at radius 2 is 1.30 bits per heavy atom. The molecule has 5 rings (SSSR count). The van der Waals surface area contributed by atoms with Crippen LogP contribution in [-0.2, 0) is 47.7 Å². The summed E-state index contributed by atoms with van der Waals surface area (Å²) in [4.78, 5) is 26.2. The fourth-order valence-corrected chi connectivity index (χ4v) is 5.57. The van der Waals surface area contributed by atoms with Crippen LogP contribution in [0.15, 0.2) is 63.4 Å². The van der Waals surface area contributed by atoms with E-state index in [0.29, 0.717) is 5.39 Å². The van der Waals surface area contributed by atoms with Gasteiger partial charge in [0.25, 0.3) is 10.4 Å². The van der Waals surface area contributed by atoms with Crippen LogP contribution >= 0.6 is 0 Å². The molecule has 21 heteroatoms. The Balaban J connectivity index is 0.00000378. The number of fused-ring (bicyclic) bond motifs is 2. The summed E-state index contributed by atoms with van der Waals surface area (Å²) in [6.45, 7) is 1.40. The largest absolute Gasteiger partial charge is 1.00 e. The van der Waals surface area contributed by atoms with Gasteiger partial charge in [0.2, 0.25) is 10.4 Å². The van der Waals surface area contributed by atoms with Crippen molar-refractivity contribution in [2.45, 2.75) is 27.1 Å². The number of rotatable bonds is 16. The summed E-state index contributed by atoms with van der Waals surface area (Å²) in [7, 11) is -9.23. The summed E-state index contributed by atoms with van der Waals surface area (Å²) in [5.41, 5.74) is 0.820. The Bertz CT molecular complexity index is 2300. The van der Waals surface area contributed by atoms with Gasteiger partial charge in [0.15, 0.2) is 28.8 Å². The molecule has 53 heavy (non-hydrogen) atoms. The number of carbonyl (C=O) groups excluding carboxylic acids is 2. The van der Waals surface area contributed by atoms with Crippen molar-refractivity contribution in [3.05, 3.63) is 82.8 Å². The number of benzene rings is 3. The maximum Gasteiger partial charge on any atom is 1.00 e. The third-order valence-corrected chi connectivity index (χ3v) is 7.83. The average molecular weight is 795 g/mol. The van der Waals surface area contributed by atoms with Gasteiger partial charge in [-0.2, -0.15) is 0 Å². The third kappa shape index (κ3) is 11.3. The zero-order valence-corrected chi connectivity index (χ0v) is 34.6. The van der Waals surface area contributed by atoms with Gasteiger partial charge in [0.05, 0.1) is 20.3 Å². The minimum absolute atomic E-state index is 0. The predicted molar refractivity (Wildman–Crippen MR) is 171 cm³/mol. The fraction of sp³-hybridized carbons (Fsp3) is 0.250. The zero-order chi connectivity index (χ0) is 36.9. The molecule has 3 aromatic carbocycles. The van der Waals surface area contributed by atoms with Crippen molar-refractivity contribution in [1.29, 1.82) is 0 Å². The first-order chi connectivity index (χ1) is 24.2. The van der Waals surface area contributed by atoms with Crippen LogP contribution < -0.4 is 77.5 Å². The van der Waals surface area contributed by atoms with Gasteiger partial charge in [-0.05, 0) is 31.5 Å². The van der Waals surface area contributed by atoms with Gasteiger partial charge >= 0.3 is 71.1 Å². The molecule has 0 spiro atoms. The van der Waals surface area contributed by atoms with Crippen LogP contribution in [0.3, 0.4) is 0 Å². The SMILES string of the molecule is CCOC(=O)c1c(C)oc2cc(OCc3ccccc3)c(OCc3oc4cc(OC)c(OS(=O)(=O)[O-])cc4c3C(=O)OCCOS(=O)(=O)[O-])cc12.[Na+].[Na+]. The van der Waals surface area contributed by atoms with Crippen molar-refractivity contribution in [2.75, 3.05) is 26.9 Å². The summed E-state index contributed by atoms with van der Waals surface area (Å²) in [6, 6.07) is 14.3.